The largest absolute Gasteiger partial charge is 0.481 e. The van der Waals surface area contributed by atoms with Gasteiger partial charge >= 0.3 is 5.97 Å². The average molecular weight is 443 g/mol. The molecule has 0 aromatic carbocycles. The van der Waals surface area contributed by atoms with Crippen LogP contribution < -0.4 is 5.01 Å². The Labute approximate surface area is 170 Å². The number of hydrogen-bond donors (Lipinski definition) is 1. The minimum atomic E-state index is -1.10. The monoisotopic (exact) mass is 442 g/mol. The molecule has 2 aliphatic heterocycles. The van der Waals surface area contributed by atoms with E-state index in [0.717, 1.165) is 4.79 Å². The molecule has 2 amide bonds. The lowest BCUT2D eigenvalue weighted by atomic mass is 9.89. The quantitative estimate of drug-likeness (QED) is 0.441. The molecule has 12 nitrogen and oxygen atoms in total. The topological polar surface area (TPSA) is 147 Å². The van der Waals surface area contributed by atoms with E-state index in [4.69, 9.17) is 0 Å². The Morgan fingerprint density at radius 3 is 2.89 bits per heavy atom. The van der Waals surface area contributed by atoms with Gasteiger partial charge < -0.3 is 10.0 Å². The Bertz CT molecular complexity index is 894. The van der Waals surface area contributed by atoms with E-state index < -0.39 is 17.4 Å². The maximum atomic E-state index is 12.8. The first-order chi connectivity index (χ1) is 13.4. The Morgan fingerprint density at radius 2 is 2.29 bits per heavy atom. The minimum absolute atomic E-state index is 0.0719. The molecule has 2 aromatic heterocycles. The smallest absolute Gasteiger partial charge is 0.313 e. The summed E-state index contributed by atoms with van der Waals surface area (Å²) in [6, 6.07) is -0.770. The molecule has 15 heteroatoms. The first kappa shape index (κ1) is 19.1. The molecule has 2 fully saturated rings. The predicted molar refractivity (Wildman–Crippen MR) is 99.2 cm³/mol. The van der Waals surface area contributed by atoms with Crippen molar-refractivity contribution in [2.75, 3.05) is 23.1 Å². The number of carboxylic acids is 1. The number of hydrogen-bond acceptors (Lipinski definition) is 11. The van der Waals surface area contributed by atoms with Crippen molar-refractivity contribution in [2.45, 2.75) is 22.7 Å². The number of carbonyl (C=O) groups excluding carboxylic acids is 2. The summed E-state index contributed by atoms with van der Waals surface area (Å²) in [6.07, 6.45) is 1.24. The molecule has 4 heterocycles. The van der Waals surface area contributed by atoms with Crippen LogP contribution in [0.5, 0.6) is 0 Å². The summed E-state index contributed by atoms with van der Waals surface area (Å²) in [7, 11) is 0. The number of aromatic nitrogens is 6. The average Bonchev–Trinajstić information content (AvgIpc) is 3.37. The van der Waals surface area contributed by atoms with E-state index in [0.29, 0.717) is 10.1 Å². The first-order valence-corrected chi connectivity index (χ1v) is 10.9. The van der Waals surface area contributed by atoms with Crippen molar-refractivity contribution < 1.29 is 19.5 Å². The third-order valence-electron chi connectivity index (χ3n) is 4.53. The van der Waals surface area contributed by atoms with Crippen LogP contribution in [-0.2, 0) is 14.4 Å². The van der Waals surface area contributed by atoms with Gasteiger partial charge in [-0.25, -0.2) is 5.01 Å². The highest BCUT2D eigenvalue weighted by atomic mass is 32.2. The number of rotatable bonds is 6. The van der Waals surface area contributed by atoms with Crippen LogP contribution in [0, 0.1) is 5.41 Å². The number of tetrazole rings is 1. The number of amides is 2. The number of β-lactam (4-membered cyclic amide) rings is 1. The van der Waals surface area contributed by atoms with E-state index in [1.54, 1.807) is 5.51 Å². The number of carbonyl (C=O) groups is 3. The normalized spacial score (nSPS) is 26.5. The van der Waals surface area contributed by atoms with Crippen LogP contribution in [0.3, 0.4) is 0 Å². The maximum Gasteiger partial charge on any atom is 0.313 e. The van der Waals surface area contributed by atoms with Gasteiger partial charge in [-0.3, -0.25) is 14.4 Å². The second kappa shape index (κ2) is 7.29. The third kappa shape index (κ3) is 3.12. The number of carboxylic acid groups (broad SMARTS) is 1. The van der Waals surface area contributed by atoms with E-state index in [1.165, 1.54) is 58.0 Å². The fourth-order valence-electron chi connectivity index (χ4n) is 3.12. The Hall–Kier alpha value is -2.26. The van der Waals surface area contributed by atoms with E-state index in [1.807, 2.05) is 0 Å². The fourth-order valence-corrected chi connectivity index (χ4v) is 6.51. The van der Waals surface area contributed by atoms with Gasteiger partial charge in [-0.15, -0.1) is 31.8 Å². The lowest BCUT2D eigenvalue weighted by Crippen LogP contribution is -2.76. The molecule has 1 N–H and O–H groups in total. The van der Waals surface area contributed by atoms with Crippen LogP contribution in [0.2, 0.25) is 0 Å². The molecule has 2 saturated heterocycles. The van der Waals surface area contributed by atoms with Crippen LogP contribution in [-0.4, -0.2) is 87.8 Å². The van der Waals surface area contributed by atoms with Gasteiger partial charge in [0.05, 0.1) is 0 Å². The standard InChI is InChI=1S/C13H14N8O4S3/c1-7(22)21(20-5-14-17-18-20)8-9(23)19-2-13(11(24)25,3-26-10(8)19)4-27-12-16-15-6-28-12/h5-6,8,10H,2-4H2,1H3,(H,24,25)/t8?,10-,13?/m1/s1. The molecule has 2 aliphatic rings. The molecule has 0 saturated carbocycles. The summed E-state index contributed by atoms with van der Waals surface area (Å²) >= 11 is 4.00. The molecule has 0 bridgehead atoms. The highest BCUT2D eigenvalue weighted by Gasteiger charge is 2.60. The molecule has 2 unspecified atom stereocenters. The fraction of sp³-hybridized carbons (Fsp3) is 0.538. The van der Waals surface area contributed by atoms with Crippen LogP contribution in [0.4, 0.5) is 0 Å². The molecule has 2 aromatic rings. The van der Waals surface area contributed by atoms with Crippen LogP contribution in [0.1, 0.15) is 6.92 Å². The van der Waals surface area contributed by atoms with E-state index >= 15 is 0 Å². The van der Waals surface area contributed by atoms with Gasteiger partial charge in [0.2, 0.25) is 5.91 Å². The van der Waals surface area contributed by atoms with Crippen molar-refractivity contribution in [3.63, 3.8) is 0 Å². The van der Waals surface area contributed by atoms with Gasteiger partial charge in [0.25, 0.3) is 5.91 Å². The van der Waals surface area contributed by atoms with Gasteiger partial charge in [0, 0.05) is 25.0 Å². The Morgan fingerprint density at radius 1 is 1.46 bits per heavy atom. The van der Waals surface area contributed by atoms with Crippen LogP contribution in [0.15, 0.2) is 16.2 Å². The maximum absolute atomic E-state index is 12.8. The zero-order chi connectivity index (χ0) is 19.9. The van der Waals surface area contributed by atoms with Gasteiger partial charge in [-0.05, 0) is 10.4 Å². The summed E-state index contributed by atoms with van der Waals surface area (Å²) in [5.41, 5.74) is 0.480. The molecular formula is C13H14N8O4S3. The zero-order valence-electron chi connectivity index (χ0n) is 14.4. The van der Waals surface area contributed by atoms with E-state index in [2.05, 4.69) is 25.7 Å². The van der Waals surface area contributed by atoms with Gasteiger partial charge in [0.15, 0.2) is 16.7 Å². The molecule has 148 valence electrons. The van der Waals surface area contributed by atoms with Gasteiger partial charge in [0.1, 0.15) is 16.3 Å². The van der Waals surface area contributed by atoms with Crippen molar-refractivity contribution in [3.8, 4) is 0 Å². The summed E-state index contributed by atoms with van der Waals surface area (Å²) in [5, 5.41) is 29.1. The number of nitrogens with zero attached hydrogens (tertiary/aromatic N) is 8. The number of aliphatic carboxylic acids is 1. The van der Waals surface area contributed by atoms with Crippen molar-refractivity contribution in [3.05, 3.63) is 11.8 Å². The molecular weight excluding hydrogens is 428 g/mol. The molecule has 3 atom stereocenters. The minimum Gasteiger partial charge on any atom is -0.481 e. The molecule has 0 aliphatic carbocycles. The third-order valence-corrected chi connectivity index (χ3v) is 8.25. The van der Waals surface area contributed by atoms with Crippen molar-refractivity contribution in [2.24, 2.45) is 5.41 Å². The lowest BCUT2D eigenvalue weighted by Gasteiger charge is -2.55. The SMILES string of the molecule is CC(=O)N(C1C(=O)N2CC(CSc3nncs3)(C(=O)O)CS[C@H]12)n1cnnn1. The van der Waals surface area contributed by atoms with Crippen molar-refractivity contribution >= 4 is 52.6 Å². The predicted octanol–water partition coefficient (Wildman–Crippen LogP) is -0.844. The van der Waals surface area contributed by atoms with Crippen molar-refractivity contribution in [1.82, 2.24) is 35.4 Å². The highest BCUT2D eigenvalue weighted by Crippen LogP contribution is 2.45. The van der Waals surface area contributed by atoms with E-state index in [9.17, 15) is 19.5 Å². The second-order valence-electron chi connectivity index (χ2n) is 6.29. The summed E-state index contributed by atoms with van der Waals surface area (Å²) in [4.78, 5) is 39.6. The molecule has 0 radical (unpaired) electrons. The molecule has 28 heavy (non-hydrogen) atoms. The van der Waals surface area contributed by atoms with Gasteiger partial charge in [-0.2, -0.15) is 0 Å². The summed E-state index contributed by atoms with van der Waals surface area (Å²) in [5.74, 6) is -1.09. The van der Waals surface area contributed by atoms with Crippen LogP contribution in [0.25, 0.3) is 0 Å². The zero-order valence-corrected chi connectivity index (χ0v) is 16.9. The first-order valence-electron chi connectivity index (χ1n) is 8.00. The number of thioether (sulfide) groups is 2. The Kier molecular flexibility index (Phi) is 4.96. The second-order valence-corrected chi connectivity index (χ2v) is 9.45. The molecule has 4 rings (SSSR count). The summed E-state index contributed by atoms with van der Waals surface area (Å²) < 4.78 is 0.682. The van der Waals surface area contributed by atoms with Crippen LogP contribution >= 0.6 is 34.9 Å². The summed E-state index contributed by atoms with van der Waals surface area (Å²) in [6.45, 7) is 1.40. The van der Waals surface area contributed by atoms with Crippen molar-refractivity contribution in [1.29, 1.82) is 0 Å². The Balaban J connectivity index is 1.51. The lowest BCUT2D eigenvalue weighted by molar-refractivity contribution is -0.157. The number of fused-ring (bicyclic) bond motifs is 1. The molecule has 0 spiro atoms. The van der Waals surface area contributed by atoms with E-state index in [-0.39, 0.29) is 29.5 Å². The highest BCUT2D eigenvalue weighted by molar-refractivity contribution is 8.01. The van der Waals surface area contributed by atoms with Gasteiger partial charge in [-0.1, -0.05) is 23.1 Å².